The Balaban J connectivity index is 1.24. The Hall–Kier alpha value is -3.65. The smallest absolute Gasteiger partial charge is 0.263 e. The van der Waals surface area contributed by atoms with Gasteiger partial charge < -0.3 is 20.7 Å². The van der Waals surface area contributed by atoms with Gasteiger partial charge >= 0.3 is 0 Å². The van der Waals surface area contributed by atoms with Crippen molar-refractivity contribution < 1.29 is 18.7 Å². The number of benzene rings is 2. The van der Waals surface area contributed by atoms with Crippen molar-refractivity contribution in [2.24, 2.45) is 5.73 Å². The van der Waals surface area contributed by atoms with Gasteiger partial charge in [0.25, 0.3) is 5.91 Å². The zero-order valence-electron chi connectivity index (χ0n) is 21.3. The molecule has 9 heteroatoms. The number of fused-ring (bicyclic) bond motifs is 2. The first kappa shape index (κ1) is 26.0. The van der Waals surface area contributed by atoms with Crippen molar-refractivity contribution in [1.82, 2.24) is 10.3 Å². The summed E-state index contributed by atoms with van der Waals surface area (Å²) in [5, 5.41) is 3.58. The van der Waals surface area contributed by atoms with E-state index >= 15 is 0 Å². The lowest BCUT2D eigenvalue weighted by Crippen LogP contribution is -2.55. The predicted octanol–water partition coefficient (Wildman–Crippen LogP) is 5.11. The summed E-state index contributed by atoms with van der Waals surface area (Å²) in [5.74, 6) is 0.179. The Morgan fingerprint density at radius 1 is 1.05 bits per heavy atom. The zero-order chi connectivity index (χ0) is 27.0. The number of hydrogen-bond acceptors (Lipinski definition) is 5. The maximum Gasteiger partial charge on any atom is 0.263 e. The van der Waals surface area contributed by atoms with Gasteiger partial charge in [-0.3, -0.25) is 9.59 Å². The molecule has 0 saturated carbocycles. The van der Waals surface area contributed by atoms with Crippen LogP contribution < -0.4 is 20.7 Å². The Kier molecular flexibility index (Phi) is 7.01. The van der Waals surface area contributed by atoms with Crippen molar-refractivity contribution >= 4 is 29.2 Å². The lowest BCUT2D eigenvalue weighted by molar-refractivity contribution is -0.135. The van der Waals surface area contributed by atoms with Crippen LogP contribution >= 0.6 is 11.6 Å². The average molecular weight is 537 g/mol. The van der Waals surface area contributed by atoms with Crippen LogP contribution in [0, 0.1) is 5.82 Å². The van der Waals surface area contributed by atoms with E-state index in [1.165, 1.54) is 18.3 Å². The third kappa shape index (κ3) is 5.31. The molecule has 7 nitrogen and oxygen atoms in total. The molecule has 3 aromatic rings. The number of rotatable bonds is 7. The summed E-state index contributed by atoms with van der Waals surface area (Å²) >= 11 is 6.41. The molecule has 0 aliphatic carbocycles. The molecular formula is C29H30ClFN4O3. The van der Waals surface area contributed by atoms with Gasteiger partial charge in [-0.2, -0.15) is 0 Å². The molecule has 2 saturated heterocycles. The van der Waals surface area contributed by atoms with Gasteiger partial charge in [0, 0.05) is 24.3 Å². The molecule has 3 N–H and O–H groups in total. The number of nitrogens with zero attached hydrogens (tertiary/aromatic N) is 2. The monoisotopic (exact) mass is 536 g/mol. The van der Waals surface area contributed by atoms with E-state index in [-0.39, 0.29) is 29.8 Å². The molecule has 5 rings (SSSR count). The van der Waals surface area contributed by atoms with Gasteiger partial charge in [0.15, 0.2) is 5.60 Å². The third-order valence-electron chi connectivity index (χ3n) is 7.39. The van der Waals surface area contributed by atoms with E-state index in [4.69, 9.17) is 22.1 Å². The molecule has 0 radical (unpaired) electrons. The van der Waals surface area contributed by atoms with Crippen LogP contribution in [0.4, 0.5) is 10.2 Å². The van der Waals surface area contributed by atoms with Crippen LogP contribution in [0.3, 0.4) is 0 Å². The van der Waals surface area contributed by atoms with Crippen molar-refractivity contribution in [1.29, 1.82) is 0 Å². The number of primary amides is 1. The van der Waals surface area contributed by atoms with Crippen molar-refractivity contribution in [2.45, 2.75) is 63.3 Å². The van der Waals surface area contributed by atoms with Gasteiger partial charge in [0.2, 0.25) is 5.91 Å². The Morgan fingerprint density at radius 3 is 2.32 bits per heavy atom. The highest BCUT2D eigenvalue weighted by Crippen LogP contribution is 2.39. The first-order chi connectivity index (χ1) is 18.1. The maximum atomic E-state index is 13.3. The number of halogens is 2. The molecule has 2 aliphatic rings. The second-order valence-electron chi connectivity index (χ2n) is 10.5. The van der Waals surface area contributed by atoms with Gasteiger partial charge in [0.05, 0.1) is 10.6 Å². The standard InChI is InChI=1S/C29H30ClFN4O3/c1-29(2,38-25-13-18(5-11-24(25)30)17-3-7-20(31)8-4-17)28(37)34-21-14-22-9-10-23(15-21)35(22)26-12-6-19(16-33-26)27(32)36/h3-8,11-13,16,21-23H,9-10,14-15H2,1-2H3,(H2,32,36)(H,34,37)/t21-,22+,23-. The normalized spacial score (nSPS) is 20.7. The molecule has 0 spiro atoms. The predicted molar refractivity (Wildman–Crippen MR) is 145 cm³/mol. The molecule has 0 unspecified atom stereocenters. The lowest BCUT2D eigenvalue weighted by atomic mass is 9.96. The summed E-state index contributed by atoms with van der Waals surface area (Å²) in [4.78, 5) is 31.5. The minimum absolute atomic E-state index is 0.00467. The first-order valence-electron chi connectivity index (χ1n) is 12.7. The zero-order valence-corrected chi connectivity index (χ0v) is 22.0. The summed E-state index contributed by atoms with van der Waals surface area (Å²) in [5.41, 5.74) is 6.18. The molecule has 38 heavy (non-hydrogen) atoms. The van der Waals surface area contributed by atoms with Gasteiger partial charge in [-0.05, 0) is 87.1 Å². The minimum atomic E-state index is -1.17. The Labute approximate surface area is 226 Å². The fourth-order valence-electron chi connectivity index (χ4n) is 5.44. The van der Waals surface area contributed by atoms with Crippen LogP contribution in [0.1, 0.15) is 49.9 Å². The van der Waals surface area contributed by atoms with Crippen LogP contribution in [-0.4, -0.2) is 40.5 Å². The summed E-state index contributed by atoms with van der Waals surface area (Å²) in [6.45, 7) is 3.44. The maximum absolute atomic E-state index is 13.3. The molecular weight excluding hydrogens is 507 g/mol. The number of piperidine rings is 1. The van der Waals surface area contributed by atoms with E-state index < -0.39 is 11.5 Å². The number of ether oxygens (including phenoxy) is 1. The number of nitrogens with one attached hydrogen (secondary N) is 1. The summed E-state index contributed by atoms with van der Waals surface area (Å²) < 4.78 is 19.5. The first-order valence-corrected chi connectivity index (χ1v) is 13.1. The molecule has 3 heterocycles. The molecule has 2 aliphatic heterocycles. The fourth-order valence-corrected chi connectivity index (χ4v) is 5.59. The SMILES string of the molecule is CC(C)(Oc1cc(-c2ccc(F)cc2)ccc1Cl)C(=O)N[C@H]1C[C@H]2CC[C@@H](C1)N2c1ccc(C(N)=O)cn1. The van der Waals surface area contributed by atoms with Crippen molar-refractivity contribution in [3.63, 3.8) is 0 Å². The number of pyridine rings is 1. The molecule has 198 valence electrons. The van der Waals surface area contributed by atoms with Gasteiger partial charge in [-0.15, -0.1) is 0 Å². The highest BCUT2D eigenvalue weighted by atomic mass is 35.5. The highest BCUT2D eigenvalue weighted by molar-refractivity contribution is 6.32. The average Bonchev–Trinajstić information content (AvgIpc) is 3.15. The number of carbonyl (C=O) groups is 2. The van der Waals surface area contributed by atoms with Crippen LogP contribution in [0.2, 0.25) is 5.02 Å². The van der Waals surface area contributed by atoms with Crippen LogP contribution in [-0.2, 0) is 4.79 Å². The van der Waals surface area contributed by atoms with Crippen LogP contribution in [0.15, 0.2) is 60.8 Å². The molecule has 2 aromatic carbocycles. The third-order valence-corrected chi connectivity index (χ3v) is 7.70. The lowest BCUT2D eigenvalue weighted by Gasteiger charge is -2.40. The number of nitrogens with two attached hydrogens (primary N) is 1. The molecule has 2 fully saturated rings. The molecule has 2 bridgehead atoms. The second-order valence-corrected chi connectivity index (χ2v) is 10.9. The summed E-state index contributed by atoms with van der Waals surface area (Å²) in [7, 11) is 0. The van der Waals surface area contributed by atoms with Gasteiger partial charge in [-0.1, -0.05) is 29.8 Å². The highest BCUT2D eigenvalue weighted by Gasteiger charge is 2.43. The topological polar surface area (TPSA) is 97.5 Å². The number of carbonyl (C=O) groups excluding carboxylic acids is 2. The second kappa shape index (κ2) is 10.3. The van der Waals surface area contributed by atoms with Crippen molar-refractivity contribution in [3.8, 4) is 16.9 Å². The van der Waals surface area contributed by atoms with Crippen molar-refractivity contribution in [3.05, 3.63) is 77.2 Å². The largest absolute Gasteiger partial charge is 0.476 e. The van der Waals surface area contributed by atoms with Crippen molar-refractivity contribution in [2.75, 3.05) is 4.90 Å². The van der Waals surface area contributed by atoms with E-state index in [0.717, 1.165) is 42.6 Å². The Bertz CT molecular complexity index is 1330. The van der Waals surface area contributed by atoms with E-state index in [1.54, 1.807) is 44.2 Å². The van der Waals surface area contributed by atoms with E-state index in [0.29, 0.717) is 16.3 Å². The van der Waals surface area contributed by atoms with E-state index in [1.807, 2.05) is 12.1 Å². The number of aromatic nitrogens is 1. The van der Waals surface area contributed by atoms with Crippen LogP contribution in [0.5, 0.6) is 5.75 Å². The number of anilines is 1. The Morgan fingerprint density at radius 2 is 1.71 bits per heavy atom. The summed E-state index contributed by atoms with van der Waals surface area (Å²) in [6.07, 6.45) is 5.13. The number of hydrogen-bond donors (Lipinski definition) is 2. The van der Waals surface area contributed by atoms with Gasteiger partial charge in [-0.25, -0.2) is 9.37 Å². The van der Waals surface area contributed by atoms with E-state index in [9.17, 15) is 14.0 Å². The molecule has 3 atom stereocenters. The fraction of sp³-hybridized carbons (Fsp3) is 0.345. The van der Waals surface area contributed by atoms with Crippen LogP contribution in [0.25, 0.3) is 11.1 Å². The molecule has 1 aromatic heterocycles. The quantitative estimate of drug-likeness (QED) is 0.437. The minimum Gasteiger partial charge on any atom is -0.476 e. The molecule has 2 amide bonds. The van der Waals surface area contributed by atoms with E-state index in [2.05, 4.69) is 15.2 Å². The van der Waals surface area contributed by atoms with Gasteiger partial charge in [0.1, 0.15) is 17.4 Å². The summed E-state index contributed by atoms with van der Waals surface area (Å²) in [6, 6.07) is 15.5. The number of amides is 2.